The van der Waals surface area contributed by atoms with Crippen molar-refractivity contribution in [1.29, 1.82) is 0 Å². The van der Waals surface area contributed by atoms with Gasteiger partial charge in [-0.15, -0.1) is 0 Å². The van der Waals surface area contributed by atoms with E-state index in [0.29, 0.717) is 5.92 Å². The summed E-state index contributed by atoms with van der Waals surface area (Å²) in [4.78, 5) is 11.3. The molecular formula is C17H20ClN3. The Morgan fingerprint density at radius 2 is 2.14 bits per heavy atom. The van der Waals surface area contributed by atoms with Crippen molar-refractivity contribution in [2.24, 2.45) is 0 Å². The molecular weight excluding hydrogens is 282 g/mol. The van der Waals surface area contributed by atoms with Crippen LogP contribution in [0.25, 0.3) is 0 Å². The van der Waals surface area contributed by atoms with Gasteiger partial charge in [-0.3, -0.25) is 4.90 Å². The average Bonchev–Trinajstić information content (AvgIpc) is 2.96. The summed E-state index contributed by atoms with van der Waals surface area (Å²) in [5, 5.41) is 0.889. The van der Waals surface area contributed by atoms with E-state index < -0.39 is 0 Å². The Morgan fingerprint density at radius 1 is 1.29 bits per heavy atom. The zero-order valence-electron chi connectivity index (χ0n) is 12.3. The molecule has 0 radical (unpaired) electrons. The number of hydrogen-bond donors (Lipinski definition) is 0. The average molecular weight is 302 g/mol. The fraction of sp³-hybridized carbons (Fsp3) is 0.412. The van der Waals surface area contributed by atoms with Crippen LogP contribution in [0.15, 0.2) is 36.5 Å². The monoisotopic (exact) mass is 301 g/mol. The summed E-state index contributed by atoms with van der Waals surface area (Å²) in [6, 6.07) is 10.2. The van der Waals surface area contributed by atoms with Gasteiger partial charge in [0.15, 0.2) is 0 Å². The van der Waals surface area contributed by atoms with Crippen LogP contribution in [0.1, 0.15) is 36.3 Å². The van der Waals surface area contributed by atoms with E-state index in [4.69, 9.17) is 11.6 Å². The van der Waals surface area contributed by atoms with Gasteiger partial charge < -0.3 is 0 Å². The molecule has 0 N–H and O–H groups in total. The maximum atomic E-state index is 6.31. The van der Waals surface area contributed by atoms with Crippen molar-refractivity contribution in [3.05, 3.63) is 58.6 Å². The maximum absolute atomic E-state index is 6.31. The van der Waals surface area contributed by atoms with Crippen LogP contribution in [0, 0.1) is 0 Å². The lowest BCUT2D eigenvalue weighted by Gasteiger charge is -2.16. The smallest absolute Gasteiger partial charge is 0.128 e. The van der Waals surface area contributed by atoms with E-state index in [1.54, 1.807) is 0 Å². The van der Waals surface area contributed by atoms with E-state index >= 15 is 0 Å². The minimum Gasteiger partial charge on any atom is -0.297 e. The van der Waals surface area contributed by atoms with Gasteiger partial charge in [0.05, 0.1) is 5.69 Å². The molecule has 110 valence electrons. The summed E-state index contributed by atoms with van der Waals surface area (Å²) in [5.74, 6) is 1.46. The Hall–Kier alpha value is -1.45. The minimum atomic E-state index is 0.534. The zero-order valence-corrected chi connectivity index (χ0v) is 13.1. The highest BCUT2D eigenvalue weighted by Gasteiger charge is 2.25. The largest absolute Gasteiger partial charge is 0.297 e. The second kappa shape index (κ2) is 6.54. The molecule has 1 aliphatic rings. The van der Waals surface area contributed by atoms with Crippen molar-refractivity contribution in [2.45, 2.75) is 32.2 Å². The molecule has 3 nitrogen and oxygen atoms in total. The van der Waals surface area contributed by atoms with Gasteiger partial charge in [-0.25, -0.2) is 9.97 Å². The van der Waals surface area contributed by atoms with Crippen LogP contribution in [-0.2, 0) is 13.0 Å². The van der Waals surface area contributed by atoms with E-state index in [-0.39, 0.29) is 0 Å². The minimum absolute atomic E-state index is 0.534. The molecule has 1 saturated heterocycles. The first kappa shape index (κ1) is 14.5. The Bertz CT molecular complexity index is 614. The van der Waals surface area contributed by atoms with Gasteiger partial charge in [0.1, 0.15) is 5.82 Å². The van der Waals surface area contributed by atoms with E-state index in [2.05, 4.69) is 33.9 Å². The van der Waals surface area contributed by atoms with E-state index in [1.165, 1.54) is 5.56 Å². The predicted molar refractivity (Wildman–Crippen MR) is 85.5 cm³/mol. The van der Waals surface area contributed by atoms with Crippen molar-refractivity contribution in [1.82, 2.24) is 14.9 Å². The van der Waals surface area contributed by atoms with Crippen molar-refractivity contribution in [2.75, 3.05) is 13.1 Å². The van der Waals surface area contributed by atoms with E-state index in [9.17, 15) is 0 Å². The molecule has 3 rings (SSSR count). The molecule has 0 spiro atoms. The number of benzene rings is 1. The molecule has 0 aliphatic carbocycles. The van der Waals surface area contributed by atoms with Gasteiger partial charge >= 0.3 is 0 Å². The van der Waals surface area contributed by atoms with Gasteiger partial charge in [-0.2, -0.15) is 0 Å². The summed E-state index contributed by atoms with van der Waals surface area (Å²) < 4.78 is 0. The van der Waals surface area contributed by atoms with Crippen LogP contribution >= 0.6 is 11.6 Å². The van der Waals surface area contributed by atoms with E-state index in [0.717, 1.165) is 49.0 Å². The first-order chi connectivity index (χ1) is 10.3. The predicted octanol–water partition coefficient (Wildman–Crippen LogP) is 3.68. The molecule has 0 unspecified atom stereocenters. The first-order valence-corrected chi connectivity index (χ1v) is 7.91. The number of aryl methyl sites for hydroxylation is 1. The molecule has 1 aliphatic heterocycles. The first-order valence-electron chi connectivity index (χ1n) is 7.54. The number of likely N-dealkylation sites (tertiary alicyclic amines) is 1. The fourth-order valence-corrected chi connectivity index (χ4v) is 3.26. The van der Waals surface area contributed by atoms with Gasteiger partial charge in [-0.1, -0.05) is 36.7 Å². The highest BCUT2D eigenvalue weighted by molar-refractivity contribution is 6.31. The second-order valence-electron chi connectivity index (χ2n) is 5.56. The molecule has 0 amide bonds. The van der Waals surface area contributed by atoms with Crippen LogP contribution < -0.4 is 0 Å². The van der Waals surface area contributed by atoms with Crippen molar-refractivity contribution in [3.63, 3.8) is 0 Å². The summed E-state index contributed by atoms with van der Waals surface area (Å²) in [7, 11) is 0. The molecule has 1 aromatic carbocycles. The van der Waals surface area contributed by atoms with Crippen LogP contribution in [0.5, 0.6) is 0 Å². The Morgan fingerprint density at radius 3 is 2.95 bits per heavy atom. The van der Waals surface area contributed by atoms with Gasteiger partial charge in [0, 0.05) is 30.7 Å². The van der Waals surface area contributed by atoms with Gasteiger partial charge in [-0.05, 0) is 36.6 Å². The standard InChI is InChI=1S/C17H20ClN3/c1-2-17-19-9-7-14(20-17)12-21-10-8-13(11-21)15-5-3-4-6-16(15)18/h3-7,9,13H,2,8,10-12H2,1H3/t13-/m1/s1. The number of hydrogen-bond acceptors (Lipinski definition) is 3. The summed E-state index contributed by atoms with van der Waals surface area (Å²) in [6.45, 7) is 5.13. The summed E-state index contributed by atoms with van der Waals surface area (Å²) in [6.07, 6.45) is 3.91. The van der Waals surface area contributed by atoms with Crippen LogP contribution in [0.3, 0.4) is 0 Å². The molecule has 21 heavy (non-hydrogen) atoms. The normalized spacial score (nSPS) is 19.0. The van der Waals surface area contributed by atoms with Crippen LogP contribution in [-0.4, -0.2) is 28.0 Å². The SMILES string of the molecule is CCc1nccc(CN2CC[C@@H](c3ccccc3Cl)C2)n1. The topological polar surface area (TPSA) is 29.0 Å². The summed E-state index contributed by atoms with van der Waals surface area (Å²) >= 11 is 6.31. The highest BCUT2D eigenvalue weighted by atomic mass is 35.5. The molecule has 0 bridgehead atoms. The van der Waals surface area contributed by atoms with Crippen molar-refractivity contribution in [3.8, 4) is 0 Å². The number of aromatic nitrogens is 2. The van der Waals surface area contributed by atoms with Crippen LogP contribution in [0.4, 0.5) is 0 Å². The quantitative estimate of drug-likeness (QED) is 0.862. The second-order valence-corrected chi connectivity index (χ2v) is 5.97. The molecule has 4 heteroatoms. The molecule has 2 heterocycles. The zero-order chi connectivity index (χ0) is 14.7. The Balaban J connectivity index is 1.66. The lowest BCUT2D eigenvalue weighted by atomic mass is 9.98. The number of halogens is 1. The highest BCUT2D eigenvalue weighted by Crippen LogP contribution is 2.32. The molecule has 1 fully saturated rings. The molecule has 1 aromatic heterocycles. The van der Waals surface area contributed by atoms with Gasteiger partial charge in [0.25, 0.3) is 0 Å². The lowest BCUT2D eigenvalue weighted by molar-refractivity contribution is 0.322. The van der Waals surface area contributed by atoms with Crippen LogP contribution in [0.2, 0.25) is 5.02 Å². The van der Waals surface area contributed by atoms with Crippen molar-refractivity contribution < 1.29 is 0 Å². The number of nitrogens with zero attached hydrogens (tertiary/aromatic N) is 3. The third-order valence-electron chi connectivity index (χ3n) is 4.08. The maximum Gasteiger partial charge on any atom is 0.128 e. The summed E-state index contributed by atoms with van der Waals surface area (Å²) in [5.41, 5.74) is 2.39. The van der Waals surface area contributed by atoms with Gasteiger partial charge in [0.2, 0.25) is 0 Å². The molecule has 2 aromatic rings. The third-order valence-corrected chi connectivity index (χ3v) is 4.43. The van der Waals surface area contributed by atoms with E-state index in [1.807, 2.05) is 24.4 Å². The lowest BCUT2D eigenvalue weighted by Crippen LogP contribution is -2.20. The molecule has 1 atom stereocenters. The molecule has 0 saturated carbocycles. The third kappa shape index (κ3) is 3.42. The number of rotatable bonds is 4. The fourth-order valence-electron chi connectivity index (χ4n) is 2.97. The Kier molecular flexibility index (Phi) is 4.51. The van der Waals surface area contributed by atoms with Crippen molar-refractivity contribution >= 4 is 11.6 Å². The Labute approximate surface area is 131 Å².